The molecule has 5 nitrogen and oxygen atoms in total. The second-order valence-electron chi connectivity index (χ2n) is 5.29. The van der Waals surface area contributed by atoms with E-state index in [0.29, 0.717) is 10.8 Å². The standard InChI is InChI=1S/C18H17ClFNO4/c1-12-2-7-15(19)16(8-12)24-11-18(23)25-10-17(22)21-9-13-3-5-14(20)6-4-13/h2-8H,9-11H2,1H3,(H,21,22). The summed E-state index contributed by atoms with van der Waals surface area (Å²) in [5.41, 5.74) is 1.67. The maximum absolute atomic E-state index is 12.8. The van der Waals surface area contributed by atoms with Crippen LogP contribution in [0.5, 0.6) is 5.75 Å². The zero-order valence-electron chi connectivity index (χ0n) is 13.6. The minimum Gasteiger partial charge on any atom is -0.480 e. The van der Waals surface area contributed by atoms with Gasteiger partial charge < -0.3 is 14.8 Å². The van der Waals surface area contributed by atoms with Crippen molar-refractivity contribution in [2.75, 3.05) is 13.2 Å². The van der Waals surface area contributed by atoms with Crippen LogP contribution in [0.3, 0.4) is 0 Å². The van der Waals surface area contributed by atoms with Gasteiger partial charge in [-0.15, -0.1) is 0 Å². The monoisotopic (exact) mass is 365 g/mol. The number of hydrogen-bond acceptors (Lipinski definition) is 4. The van der Waals surface area contributed by atoms with Crippen molar-refractivity contribution in [2.45, 2.75) is 13.5 Å². The average Bonchev–Trinajstić information content (AvgIpc) is 2.60. The molecule has 1 N–H and O–H groups in total. The Morgan fingerprint density at radius 2 is 1.84 bits per heavy atom. The van der Waals surface area contributed by atoms with Crippen LogP contribution in [0.4, 0.5) is 4.39 Å². The molecule has 0 atom stereocenters. The lowest BCUT2D eigenvalue weighted by atomic mass is 10.2. The van der Waals surface area contributed by atoms with E-state index in [0.717, 1.165) is 11.1 Å². The smallest absolute Gasteiger partial charge is 0.344 e. The van der Waals surface area contributed by atoms with Gasteiger partial charge in [-0.05, 0) is 42.3 Å². The maximum atomic E-state index is 12.8. The molecule has 2 aromatic rings. The fourth-order valence-corrected chi connectivity index (χ4v) is 2.07. The first kappa shape index (κ1) is 18.7. The quantitative estimate of drug-likeness (QED) is 0.766. The number of hydrogen-bond donors (Lipinski definition) is 1. The highest BCUT2D eigenvalue weighted by Gasteiger charge is 2.10. The highest BCUT2D eigenvalue weighted by Crippen LogP contribution is 2.25. The van der Waals surface area contributed by atoms with Gasteiger partial charge in [-0.2, -0.15) is 0 Å². The molecule has 25 heavy (non-hydrogen) atoms. The number of amides is 1. The Kier molecular flexibility index (Phi) is 6.77. The molecule has 0 fully saturated rings. The lowest BCUT2D eigenvalue weighted by molar-refractivity contribution is -0.150. The number of rotatable bonds is 7. The van der Waals surface area contributed by atoms with Crippen LogP contribution in [-0.4, -0.2) is 25.1 Å². The van der Waals surface area contributed by atoms with Crippen LogP contribution in [0.25, 0.3) is 0 Å². The molecule has 0 spiro atoms. The second kappa shape index (κ2) is 9.03. The summed E-state index contributed by atoms with van der Waals surface area (Å²) in [6, 6.07) is 10.9. The fourth-order valence-electron chi connectivity index (χ4n) is 1.90. The normalized spacial score (nSPS) is 10.2. The number of benzene rings is 2. The van der Waals surface area contributed by atoms with E-state index in [-0.39, 0.29) is 19.0 Å². The third-order valence-corrected chi connectivity index (χ3v) is 3.51. The Morgan fingerprint density at radius 3 is 2.56 bits per heavy atom. The Morgan fingerprint density at radius 1 is 1.12 bits per heavy atom. The van der Waals surface area contributed by atoms with Crippen LogP contribution in [0.2, 0.25) is 5.02 Å². The van der Waals surface area contributed by atoms with Gasteiger partial charge in [-0.25, -0.2) is 9.18 Å². The molecule has 1 amide bonds. The van der Waals surface area contributed by atoms with Crippen LogP contribution >= 0.6 is 11.6 Å². The van der Waals surface area contributed by atoms with E-state index >= 15 is 0 Å². The van der Waals surface area contributed by atoms with Crippen LogP contribution in [0.1, 0.15) is 11.1 Å². The highest BCUT2D eigenvalue weighted by molar-refractivity contribution is 6.32. The topological polar surface area (TPSA) is 64.6 Å². The molecule has 0 heterocycles. The number of carbonyl (C=O) groups excluding carboxylic acids is 2. The van der Waals surface area contributed by atoms with E-state index in [1.165, 1.54) is 12.1 Å². The molecule has 0 bridgehead atoms. The average molecular weight is 366 g/mol. The lowest BCUT2D eigenvalue weighted by Crippen LogP contribution is -2.29. The molecule has 2 aromatic carbocycles. The summed E-state index contributed by atoms with van der Waals surface area (Å²) in [5.74, 6) is -1.13. The van der Waals surface area contributed by atoms with E-state index in [1.54, 1.807) is 24.3 Å². The number of halogens is 2. The maximum Gasteiger partial charge on any atom is 0.344 e. The molecule has 0 unspecified atom stereocenters. The zero-order chi connectivity index (χ0) is 18.2. The minimum atomic E-state index is -0.686. The van der Waals surface area contributed by atoms with Crippen molar-refractivity contribution >= 4 is 23.5 Å². The van der Waals surface area contributed by atoms with Gasteiger partial charge in [0.1, 0.15) is 11.6 Å². The first-order valence-electron chi connectivity index (χ1n) is 7.50. The molecular weight excluding hydrogens is 349 g/mol. The van der Waals surface area contributed by atoms with Crippen molar-refractivity contribution in [1.29, 1.82) is 0 Å². The highest BCUT2D eigenvalue weighted by atomic mass is 35.5. The summed E-state index contributed by atoms with van der Waals surface area (Å²) in [6.07, 6.45) is 0. The zero-order valence-corrected chi connectivity index (χ0v) is 14.3. The predicted octanol–water partition coefficient (Wildman–Crippen LogP) is 3.03. The van der Waals surface area contributed by atoms with Crippen molar-refractivity contribution in [3.05, 3.63) is 64.4 Å². The van der Waals surface area contributed by atoms with Crippen LogP contribution in [-0.2, 0) is 20.9 Å². The Hall–Kier alpha value is -2.60. The van der Waals surface area contributed by atoms with Crippen LogP contribution in [0.15, 0.2) is 42.5 Å². The summed E-state index contributed by atoms with van der Waals surface area (Å²) in [5, 5.41) is 2.95. The van der Waals surface area contributed by atoms with Crippen molar-refractivity contribution < 1.29 is 23.5 Å². The minimum absolute atomic E-state index is 0.214. The predicted molar refractivity (Wildman–Crippen MR) is 90.9 cm³/mol. The summed E-state index contributed by atoms with van der Waals surface area (Å²) >= 11 is 5.95. The second-order valence-corrected chi connectivity index (χ2v) is 5.69. The Balaban J connectivity index is 1.69. The Labute approximate surface area is 149 Å². The van der Waals surface area contributed by atoms with Crippen molar-refractivity contribution in [3.63, 3.8) is 0 Å². The van der Waals surface area contributed by atoms with E-state index < -0.39 is 18.5 Å². The number of esters is 1. The molecule has 2 rings (SSSR count). The largest absolute Gasteiger partial charge is 0.480 e. The van der Waals surface area contributed by atoms with Gasteiger partial charge in [0.25, 0.3) is 5.91 Å². The SMILES string of the molecule is Cc1ccc(Cl)c(OCC(=O)OCC(=O)NCc2ccc(F)cc2)c1. The van der Waals surface area contributed by atoms with Gasteiger partial charge in [0.05, 0.1) is 5.02 Å². The summed E-state index contributed by atoms with van der Waals surface area (Å²) in [7, 11) is 0. The van der Waals surface area contributed by atoms with Gasteiger partial charge in [0.2, 0.25) is 0 Å². The fraction of sp³-hybridized carbons (Fsp3) is 0.222. The number of carbonyl (C=O) groups is 2. The third kappa shape index (κ3) is 6.43. The molecule has 0 aliphatic carbocycles. The summed E-state index contributed by atoms with van der Waals surface area (Å²) in [6.45, 7) is 1.30. The molecule has 0 saturated heterocycles. The molecule has 0 saturated carbocycles. The Bertz CT molecular complexity index is 749. The number of ether oxygens (including phenoxy) is 2. The number of aryl methyl sites for hydroxylation is 1. The molecule has 0 radical (unpaired) electrons. The van der Waals surface area contributed by atoms with E-state index in [9.17, 15) is 14.0 Å². The first-order valence-corrected chi connectivity index (χ1v) is 7.87. The molecule has 0 aromatic heterocycles. The molecule has 0 aliphatic heterocycles. The van der Waals surface area contributed by atoms with E-state index in [1.807, 2.05) is 13.0 Å². The van der Waals surface area contributed by atoms with Crippen LogP contribution < -0.4 is 10.1 Å². The van der Waals surface area contributed by atoms with Crippen molar-refractivity contribution in [1.82, 2.24) is 5.32 Å². The molecule has 0 aliphatic rings. The van der Waals surface area contributed by atoms with Gasteiger partial charge >= 0.3 is 5.97 Å². The third-order valence-electron chi connectivity index (χ3n) is 3.20. The molecule has 7 heteroatoms. The molecular formula is C18H17ClFNO4. The van der Waals surface area contributed by atoms with Gasteiger partial charge in [0, 0.05) is 6.54 Å². The van der Waals surface area contributed by atoms with Gasteiger partial charge in [0.15, 0.2) is 13.2 Å². The lowest BCUT2D eigenvalue weighted by Gasteiger charge is -2.09. The van der Waals surface area contributed by atoms with Gasteiger partial charge in [-0.3, -0.25) is 4.79 Å². The summed E-state index contributed by atoms with van der Waals surface area (Å²) < 4.78 is 22.9. The number of nitrogens with one attached hydrogen (secondary N) is 1. The van der Waals surface area contributed by atoms with E-state index in [2.05, 4.69) is 5.32 Å². The molecule has 132 valence electrons. The van der Waals surface area contributed by atoms with Crippen molar-refractivity contribution in [2.24, 2.45) is 0 Å². The van der Waals surface area contributed by atoms with Gasteiger partial charge in [-0.1, -0.05) is 29.8 Å². The van der Waals surface area contributed by atoms with E-state index in [4.69, 9.17) is 21.1 Å². The summed E-state index contributed by atoms with van der Waals surface area (Å²) in [4.78, 5) is 23.3. The van der Waals surface area contributed by atoms with Crippen molar-refractivity contribution in [3.8, 4) is 5.75 Å². The van der Waals surface area contributed by atoms with Crippen LogP contribution in [0, 0.1) is 12.7 Å². The first-order chi connectivity index (χ1) is 11.9.